The molecule has 3 rings (SSSR count). The molecule has 1 amide bonds. The summed E-state index contributed by atoms with van der Waals surface area (Å²) in [5, 5.41) is 2.91. The lowest BCUT2D eigenvalue weighted by molar-refractivity contribution is -0.117. The summed E-state index contributed by atoms with van der Waals surface area (Å²) >= 11 is 0. The average Bonchev–Trinajstić information content (AvgIpc) is 2.89. The van der Waals surface area contributed by atoms with Crippen molar-refractivity contribution in [3.8, 4) is 5.75 Å². The fourth-order valence-electron chi connectivity index (χ4n) is 2.36. The highest BCUT2D eigenvalue weighted by atomic mass is 16.5. The number of carbonyl (C=O) groups excluding carboxylic acids is 1. The average molecular weight is 271 g/mol. The van der Waals surface area contributed by atoms with E-state index in [-0.39, 0.29) is 12.0 Å². The first kappa shape index (κ1) is 12.9. The van der Waals surface area contributed by atoms with Crippen molar-refractivity contribution in [2.45, 2.75) is 18.9 Å². The van der Waals surface area contributed by atoms with Gasteiger partial charge in [-0.2, -0.15) is 0 Å². The van der Waals surface area contributed by atoms with Crippen LogP contribution in [0.2, 0.25) is 0 Å². The van der Waals surface area contributed by atoms with Gasteiger partial charge in [-0.1, -0.05) is 18.2 Å². The normalized spacial score (nSPS) is 20.6. The van der Waals surface area contributed by atoms with Gasteiger partial charge in [0.2, 0.25) is 0 Å². The second kappa shape index (κ2) is 5.92. The summed E-state index contributed by atoms with van der Waals surface area (Å²) < 4.78 is 11.0. The lowest BCUT2D eigenvalue weighted by atomic mass is 10.1. The van der Waals surface area contributed by atoms with Crippen LogP contribution in [0.15, 0.2) is 42.2 Å². The maximum atomic E-state index is 12.2. The number of ether oxygens (including phenoxy) is 2. The van der Waals surface area contributed by atoms with Crippen LogP contribution in [0, 0.1) is 0 Å². The minimum Gasteiger partial charge on any atom is -0.464 e. The number of amides is 1. The van der Waals surface area contributed by atoms with Crippen molar-refractivity contribution in [2.24, 2.45) is 0 Å². The van der Waals surface area contributed by atoms with Crippen LogP contribution in [0.3, 0.4) is 0 Å². The number of rotatable bonds is 3. The molecule has 0 aliphatic carbocycles. The van der Waals surface area contributed by atoms with Crippen LogP contribution in [0.1, 0.15) is 18.4 Å². The number of hydrogen-bond acceptors (Lipinski definition) is 3. The van der Waals surface area contributed by atoms with Crippen molar-refractivity contribution in [1.29, 1.82) is 0 Å². The third kappa shape index (κ3) is 2.91. The van der Waals surface area contributed by atoms with Crippen molar-refractivity contribution < 1.29 is 14.3 Å². The molecule has 0 bridgehead atoms. The van der Waals surface area contributed by atoms with Gasteiger partial charge in [0.1, 0.15) is 5.75 Å². The van der Waals surface area contributed by atoms with E-state index in [0.29, 0.717) is 12.1 Å². The van der Waals surface area contributed by atoms with Gasteiger partial charge in [0.05, 0.1) is 12.4 Å². The Bertz CT molecular complexity index is 557. The van der Waals surface area contributed by atoms with Crippen molar-refractivity contribution in [1.82, 2.24) is 5.32 Å². The van der Waals surface area contributed by atoms with Gasteiger partial charge < -0.3 is 14.8 Å². The Morgan fingerprint density at radius 1 is 1.35 bits per heavy atom. The van der Waals surface area contributed by atoms with Crippen LogP contribution in [-0.2, 0) is 9.53 Å². The zero-order valence-electron chi connectivity index (χ0n) is 11.2. The fourth-order valence-corrected chi connectivity index (χ4v) is 2.36. The highest BCUT2D eigenvalue weighted by molar-refractivity contribution is 6.01. The Hall–Kier alpha value is -2.07. The lowest BCUT2D eigenvalue weighted by Crippen LogP contribution is -2.32. The molecule has 0 saturated carbocycles. The van der Waals surface area contributed by atoms with Gasteiger partial charge >= 0.3 is 0 Å². The first-order valence-electron chi connectivity index (χ1n) is 6.87. The molecule has 20 heavy (non-hydrogen) atoms. The minimum absolute atomic E-state index is 0.1000. The molecule has 0 aromatic heterocycles. The van der Waals surface area contributed by atoms with Crippen LogP contribution in [-0.4, -0.2) is 25.2 Å². The molecule has 1 saturated heterocycles. The zero-order chi connectivity index (χ0) is 13.8. The van der Waals surface area contributed by atoms with Crippen molar-refractivity contribution in [3.63, 3.8) is 0 Å². The zero-order valence-corrected chi connectivity index (χ0v) is 11.2. The number of hydrogen-bond donors (Lipinski definition) is 1. The summed E-state index contributed by atoms with van der Waals surface area (Å²) in [7, 11) is 0. The van der Waals surface area contributed by atoms with Crippen molar-refractivity contribution >= 4 is 12.0 Å². The van der Waals surface area contributed by atoms with Gasteiger partial charge in [-0.15, -0.1) is 0 Å². The molecule has 2 aliphatic rings. The summed E-state index contributed by atoms with van der Waals surface area (Å²) in [6, 6.07) is 7.63. The van der Waals surface area contributed by atoms with E-state index in [2.05, 4.69) is 5.32 Å². The fraction of sp³-hybridized carbons (Fsp3) is 0.312. The predicted molar refractivity (Wildman–Crippen MR) is 76.2 cm³/mol. The Labute approximate surface area is 118 Å². The highest BCUT2D eigenvalue weighted by Crippen LogP contribution is 2.24. The number of carbonyl (C=O) groups is 1. The number of fused-ring (bicyclic) bond motifs is 1. The topological polar surface area (TPSA) is 47.6 Å². The molecule has 0 spiro atoms. The Balaban J connectivity index is 1.69. The molecule has 1 aromatic carbocycles. The second-order valence-electron chi connectivity index (χ2n) is 4.90. The smallest absolute Gasteiger partial charge is 0.251 e. The maximum Gasteiger partial charge on any atom is 0.251 e. The van der Waals surface area contributed by atoms with Crippen molar-refractivity contribution in [3.05, 3.63) is 47.7 Å². The van der Waals surface area contributed by atoms with E-state index >= 15 is 0 Å². The summed E-state index contributed by atoms with van der Waals surface area (Å²) in [4.78, 5) is 12.2. The SMILES string of the molecule is O=C(NC[C@H]1CCCO1)C1=Cc2ccccc2OC=C1. The molecule has 1 fully saturated rings. The second-order valence-corrected chi connectivity index (χ2v) is 4.90. The van der Waals surface area contributed by atoms with Gasteiger partial charge in [0.15, 0.2) is 0 Å². The Morgan fingerprint density at radius 3 is 3.10 bits per heavy atom. The van der Waals surface area contributed by atoms with Crippen LogP contribution in [0.4, 0.5) is 0 Å². The minimum atomic E-state index is -0.1000. The maximum absolute atomic E-state index is 12.2. The highest BCUT2D eigenvalue weighted by Gasteiger charge is 2.17. The summed E-state index contributed by atoms with van der Waals surface area (Å²) in [6.45, 7) is 1.36. The molecular weight excluding hydrogens is 254 g/mol. The standard InChI is InChI=1S/C16H17NO3/c18-16(17-11-14-5-3-8-19-14)13-7-9-20-15-6-2-1-4-12(15)10-13/h1-2,4,6-7,9-10,14H,3,5,8,11H2,(H,17,18)/t14-/m1/s1. The molecule has 4 nitrogen and oxygen atoms in total. The van der Waals surface area contributed by atoms with E-state index in [1.807, 2.05) is 30.3 Å². The lowest BCUT2D eigenvalue weighted by Gasteiger charge is -2.10. The van der Waals surface area contributed by atoms with E-state index in [0.717, 1.165) is 30.8 Å². The molecule has 2 aliphatic heterocycles. The molecule has 0 radical (unpaired) electrons. The molecule has 1 N–H and O–H groups in total. The van der Waals surface area contributed by atoms with Gasteiger partial charge in [0, 0.05) is 24.3 Å². The Morgan fingerprint density at radius 2 is 2.25 bits per heavy atom. The quantitative estimate of drug-likeness (QED) is 0.917. The third-order valence-electron chi connectivity index (χ3n) is 3.45. The largest absolute Gasteiger partial charge is 0.464 e. The van der Waals surface area contributed by atoms with E-state index in [1.54, 1.807) is 12.3 Å². The van der Waals surface area contributed by atoms with Crippen LogP contribution < -0.4 is 10.1 Å². The van der Waals surface area contributed by atoms with E-state index in [4.69, 9.17) is 9.47 Å². The third-order valence-corrected chi connectivity index (χ3v) is 3.45. The van der Waals surface area contributed by atoms with E-state index < -0.39 is 0 Å². The van der Waals surface area contributed by atoms with Crippen LogP contribution >= 0.6 is 0 Å². The number of benzene rings is 1. The Kier molecular flexibility index (Phi) is 3.83. The summed E-state index contributed by atoms with van der Waals surface area (Å²) in [6.07, 6.45) is 7.31. The predicted octanol–water partition coefficient (Wildman–Crippen LogP) is 2.27. The molecule has 1 atom stereocenters. The first-order chi connectivity index (χ1) is 9.83. The summed E-state index contributed by atoms with van der Waals surface area (Å²) in [5.41, 5.74) is 1.49. The van der Waals surface area contributed by atoms with Gasteiger partial charge in [-0.3, -0.25) is 4.79 Å². The van der Waals surface area contributed by atoms with Gasteiger partial charge in [0.25, 0.3) is 5.91 Å². The van der Waals surface area contributed by atoms with Crippen molar-refractivity contribution in [2.75, 3.05) is 13.2 Å². The molecule has 104 valence electrons. The van der Waals surface area contributed by atoms with E-state index in [1.165, 1.54) is 0 Å². The van der Waals surface area contributed by atoms with E-state index in [9.17, 15) is 4.79 Å². The molecule has 4 heteroatoms. The van der Waals surface area contributed by atoms with Crippen LogP contribution in [0.5, 0.6) is 5.75 Å². The van der Waals surface area contributed by atoms with Crippen LogP contribution in [0.25, 0.3) is 6.08 Å². The first-order valence-corrected chi connectivity index (χ1v) is 6.87. The molecule has 2 heterocycles. The molecule has 0 unspecified atom stereocenters. The van der Waals surface area contributed by atoms with Gasteiger partial charge in [-0.05, 0) is 31.1 Å². The van der Waals surface area contributed by atoms with Gasteiger partial charge in [-0.25, -0.2) is 0 Å². The number of para-hydroxylation sites is 1. The summed E-state index contributed by atoms with van der Waals surface area (Å²) in [5.74, 6) is 0.655. The molecular formula is C16H17NO3. The monoisotopic (exact) mass is 271 g/mol. The molecule has 1 aromatic rings. The number of nitrogens with one attached hydrogen (secondary N) is 1.